The third kappa shape index (κ3) is 8.47. The van der Waals surface area contributed by atoms with E-state index in [2.05, 4.69) is 4.52 Å². The number of aldehydes is 1. The number of phosphoric ester groups is 1. The minimum atomic E-state index is -4.99. The van der Waals surface area contributed by atoms with E-state index in [-0.39, 0.29) is 35.8 Å². The van der Waals surface area contributed by atoms with Gasteiger partial charge in [0.15, 0.2) is 6.29 Å². The molecule has 0 rings (SSSR count). The molecule has 0 aliphatic heterocycles. The van der Waals surface area contributed by atoms with Crippen LogP contribution in [0.3, 0.4) is 0 Å². The fraction of sp³-hybridized carbons (Fsp3) is 0.800. The van der Waals surface area contributed by atoms with E-state index in [1.54, 1.807) is 0 Å². The molecule has 15 heavy (non-hydrogen) atoms. The Labute approximate surface area is 107 Å². The molecule has 0 bridgehead atoms. The van der Waals surface area contributed by atoms with Crippen LogP contribution in [0.2, 0.25) is 0 Å². The first-order valence-electron chi connectivity index (χ1n) is 3.45. The van der Waals surface area contributed by atoms with Gasteiger partial charge >= 0.3 is 29.6 Å². The number of aliphatic hydroxyl groups excluding tert-OH is 3. The van der Waals surface area contributed by atoms with Crippen molar-refractivity contribution in [3.63, 3.8) is 0 Å². The van der Waals surface area contributed by atoms with Gasteiger partial charge < -0.3 is 34.4 Å². The molecule has 10 heteroatoms. The molecule has 0 amide bonds. The van der Waals surface area contributed by atoms with Crippen molar-refractivity contribution >= 4 is 14.1 Å². The van der Waals surface area contributed by atoms with Crippen LogP contribution in [0, 0.1) is 0 Å². The van der Waals surface area contributed by atoms with Gasteiger partial charge in [0, 0.05) is 0 Å². The van der Waals surface area contributed by atoms with E-state index in [9.17, 15) is 14.3 Å². The Bertz CT molecular complexity index is 229. The molecule has 0 saturated heterocycles. The van der Waals surface area contributed by atoms with Gasteiger partial charge in [0.05, 0.1) is 6.61 Å². The van der Waals surface area contributed by atoms with Crippen LogP contribution in [0.25, 0.3) is 0 Å². The van der Waals surface area contributed by atoms with Crippen molar-refractivity contribution in [1.29, 1.82) is 0 Å². The summed E-state index contributed by atoms with van der Waals surface area (Å²) < 4.78 is 13.8. The molecule has 0 aromatic heterocycles. The van der Waals surface area contributed by atoms with Crippen LogP contribution < -0.4 is 34.5 Å². The van der Waals surface area contributed by atoms with E-state index in [0.717, 1.165) is 0 Å². The summed E-state index contributed by atoms with van der Waals surface area (Å²) in [4.78, 5) is 28.1. The van der Waals surface area contributed by atoms with Crippen molar-refractivity contribution in [3.05, 3.63) is 0 Å². The molecule has 0 aromatic rings. The zero-order chi connectivity index (χ0) is 11.4. The minimum absolute atomic E-state index is 0. The smallest absolute Gasteiger partial charge is 0.756 e. The molecular formula is C5H10NaO8P. The second-order valence-corrected chi connectivity index (χ2v) is 3.64. The Kier molecular flexibility index (Phi) is 9.45. The van der Waals surface area contributed by atoms with Crippen LogP contribution in [0.4, 0.5) is 0 Å². The van der Waals surface area contributed by atoms with Gasteiger partial charge in [0.1, 0.15) is 18.3 Å². The number of aliphatic hydroxyl groups is 3. The van der Waals surface area contributed by atoms with Gasteiger partial charge in [-0.05, 0) is 0 Å². The fourth-order valence-corrected chi connectivity index (χ4v) is 0.918. The average molecular weight is 252 g/mol. The molecule has 0 heterocycles. The van der Waals surface area contributed by atoms with E-state index in [1.807, 2.05) is 0 Å². The summed E-state index contributed by atoms with van der Waals surface area (Å²) in [5.41, 5.74) is 0. The van der Waals surface area contributed by atoms with Crippen molar-refractivity contribution in [1.82, 2.24) is 0 Å². The summed E-state index contributed by atoms with van der Waals surface area (Å²) in [6, 6.07) is 0. The maximum Gasteiger partial charge on any atom is 1.00 e. The summed E-state index contributed by atoms with van der Waals surface area (Å²) in [5, 5.41) is 26.5. The first-order valence-corrected chi connectivity index (χ1v) is 4.95. The molecule has 0 radical (unpaired) electrons. The molecular weight excluding hydrogens is 242 g/mol. The van der Waals surface area contributed by atoms with Gasteiger partial charge in [-0.25, -0.2) is 0 Å². The summed E-state index contributed by atoms with van der Waals surface area (Å²) in [6.45, 7) is -0.955. The Hall–Kier alpha value is 0.660. The first kappa shape index (κ1) is 18.0. The second kappa shape index (κ2) is 7.86. The number of hydrogen-bond donors (Lipinski definition) is 4. The van der Waals surface area contributed by atoms with Gasteiger partial charge in [0.25, 0.3) is 7.82 Å². The fourth-order valence-electron chi connectivity index (χ4n) is 0.577. The third-order valence-corrected chi connectivity index (χ3v) is 1.77. The van der Waals surface area contributed by atoms with E-state index in [4.69, 9.17) is 20.2 Å². The average Bonchev–Trinajstić information content (AvgIpc) is 2.10. The number of phosphoric acid groups is 1. The maximum atomic E-state index is 10.0. The molecule has 0 spiro atoms. The van der Waals surface area contributed by atoms with Gasteiger partial charge in [-0.2, -0.15) is 0 Å². The standard InChI is InChI=1S/C5H11O8P.Na/c6-1-3(7)5(9)4(8)2-13-14(10,11)12;/h1,3-5,7-9H,2H2,(H2,10,11,12);/q;+1/p-1/t3-,4+,5-;/m0./s1. The maximum absolute atomic E-state index is 10.0. The van der Waals surface area contributed by atoms with Crippen LogP contribution in [-0.2, 0) is 13.9 Å². The molecule has 8 nitrogen and oxygen atoms in total. The second-order valence-electron chi connectivity index (χ2n) is 2.45. The Morgan fingerprint density at radius 3 is 2.20 bits per heavy atom. The molecule has 0 aliphatic rings. The molecule has 1 unspecified atom stereocenters. The Morgan fingerprint density at radius 1 is 1.40 bits per heavy atom. The first-order chi connectivity index (χ1) is 6.28. The van der Waals surface area contributed by atoms with Crippen LogP contribution >= 0.6 is 7.82 Å². The normalized spacial score (nSPS) is 20.6. The number of rotatable bonds is 6. The van der Waals surface area contributed by atoms with Crippen molar-refractivity contribution in [2.45, 2.75) is 18.3 Å². The molecule has 4 atom stereocenters. The zero-order valence-corrected chi connectivity index (χ0v) is 10.8. The van der Waals surface area contributed by atoms with Crippen LogP contribution in [0.5, 0.6) is 0 Å². The molecule has 84 valence electrons. The monoisotopic (exact) mass is 252 g/mol. The molecule has 0 aromatic carbocycles. The Morgan fingerprint density at radius 2 is 1.87 bits per heavy atom. The third-order valence-electron chi connectivity index (χ3n) is 1.29. The summed E-state index contributed by atoms with van der Waals surface area (Å²) in [6.07, 6.45) is -5.56. The van der Waals surface area contributed by atoms with Crippen LogP contribution in [0.1, 0.15) is 0 Å². The minimum Gasteiger partial charge on any atom is -0.756 e. The molecule has 0 aliphatic carbocycles. The van der Waals surface area contributed by atoms with Crippen LogP contribution in [0.15, 0.2) is 0 Å². The van der Waals surface area contributed by atoms with Gasteiger partial charge in [-0.1, -0.05) is 0 Å². The van der Waals surface area contributed by atoms with Crippen molar-refractivity contribution in [2.24, 2.45) is 0 Å². The van der Waals surface area contributed by atoms with E-state index < -0.39 is 32.7 Å². The predicted octanol–water partition coefficient (Wildman–Crippen LogP) is -6.25. The van der Waals surface area contributed by atoms with Crippen molar-refractivity contribution < 1.29 is 68.5 Å². The predicted molar refractivity (Wildman–Crippen MR) is 39.9 cm³/mol. The van der Waals surface area contributed by atoms with Crippen molar-refractivity contribution in [2.75, 3.05) is 6.61 Å². The van der Waals surface area contributed by atoms with E-state index in [1.165, 1.54) is 0 Å². The van der Waals surface area contributed by atoms with Gasteiger partial charge in [-0.3, -0.25) is 4.57 Å². The molecule has 4 N–H and O–H groups in total. The van der Waals surface area contributed by atoms with Crippen LogP contribution in [-0.4, -0.2) is 51.4 Å². The number of hydrogen-bond acceptors (Lipinski definition) is 7. The van der Waals surface area contributed by atoms with E-state index >= 15 is 0 Å². The summed E-state index contributed by atoms with van der Waals surface area (Å²) >= 11 is 0. The summed E-state index contributed by atoms with van der Waals surface area (Å²) in [5.74, 6) is 0. The summed E-state index contributed by atoms with van der Waals surface area (Å²) in [7, 11) is -4.99. The Balaban J connectivity index is 0. The largest absolute Gasteiger partial charge is 1.00 e. The topological polar surface area (TPSA) is 147 Å². The van der Waals surface area contributed by atoms with Gasteiger partial charge in [-0.15, -0.1) is 0 Å². The molecule has 0 saturated carbocycles. The SMILES string of the molecule is O=C[C@H](O)[C@H](O)[C@H](O)COP(=O)([O-])O.[Na+]. The zero-order valence-electron chi connectivity index (χ0n) is 7.89. The number of carbonyl (C=O) groups excluding carboxylic acids is 1. The van der Waals surface area contributed by atoms with Gasteiger partial charge in [0.2, 0.25) is 0 Å². The molecule has 0 fully saturated rings. The quantitative estimate of drug-likeness (QED) is 0.207. The van der Waals surface area contributed by atoms with E-state index in [0.29, 0.717) is 0 Å². The van der Waals surface area contributed by atoms with Crippen molar-refractivity contribution in [3.8, 4) is 0 Å². The number of carbonyl (C=O) groups is 1.